The van der Waals surface area contributed by atoms with E-state index >= 15 is 0 Å². The first kappa shape index (κ1) is 16.5. The highest BCUT2D eigenvalue weighted by Crippen LogP contribution is 2.53. The molecule has 0 aromatic heterocycles. The van der Waals surface area contributed by atoms with Crippen LogP contribution in [0, 0.1) is 35.5 Å². The van der Waals surface area contributed by atoms with Crippen molar-refractivity contribution < 1.29 is 14.4 Å². The zero-order valence-corrected chi connectivity index (χ0v) is 15.2. The summed E-state index contributed by atoms with van der Waals surface area (Å²) in [6, 6.07) is 0.326. The van der Waals surface area contributed by atoms with Crippen LogP contribution in [-0.4, -0.2) is 35.2 Å². The molecular formula is C21H28N2O3. The molecule has 3 amide bonds. The third kappa shape index (κ3) is 2.62. The first-order valence-electron chi connectivity index (χ1n) is 10.4. The molecule has 26 heavy (non-hydrogen) atoms. The Hall–Kier alpha value is -1.65. The molecule has 5 fully saturated rings. The van der Waals surface area contributed by atoms with Crippen LogP contribution in [0.1, 0.15) is 51.4 Å². The smallest absolute Gasteiger partial charge is 0.233 e. The van der Waals surface area contributed by atoms with Crippen LogP contribution >= 0.6 is 0 Å². The summed E-state index contributed by atoms with van der Waals surface area (Å²) in [6.45, 7) is 0.240. The number of allylic oxidation sites excluding steroid dienone is 2. The van der Waals surface area contributed by atoms with E-state index in [1.54, 1.807) is 0 Å². The number of hydrogen-bond acceptors (Lipinski definition) is 3. The summed E-state index contributed by atoms with van der Waals surface area (Å²) >= 11 is 0. The van der Waals surface area contributed by atoms with Gasteiger partial charge in [0.25, 0.3) is 0 Å². The van der Waals surface area contributed by atoms with Gasteiger partial charge in [0.05, 0.1) is 11.8 Å². The summed E-state index contributed by atoms with van der Waals surface area (Å²) in [5.74, 6) is 2.55. The second-order valence-corrected chi connectivity index (χ2v) is 9.26. The Bertz CT molecular complexity index is 616. The molecule has 0 unspecified atom stereocenters. The molecule has 5 aliphatic carbocycles. The summed E-state index contributed by atoms with van der Waals surface area (Å²) < 4.78 is 0. The van der Waals surface area contributed by atoms with Crippen LogP contribution in [0.15, 0.2) is 12.2 Å². The maximum absolute atomic E-state index is 12.5. The lowest BCUT2D eigenvalue weighted by molar-refractivity contribution is -0.140. The van der Waals surface area contributed by atoms with Crippen LogP contribution in [0.2, 0.25) is 0 Å². The zero-order chi connectivity index (χ0) is 17.8. The van der Waals surface area contributed by atoms with E-state index in [1.807, 2.05) is 12.2 Å². The van der Waals surface area contributed by atoms with E-state index in [-0.39, 0.29) is 42.5 Å². The summed E-state index contributed by atoms with van der Waals surface area (Å²) in [4.78, 5) is 38.9. The summed E-state index contributed by atoms with van der Waals surface area (Å²) in [5.41, 5.74) is 0. The normalized spacial score (nSPS) is 43.1. The monoisotopic (exact) mass is 356 g/mol. The molecule has 0 aromatic carbocycles. The van der Waals surface area contributed by atoms with Gasteiger partial charge in [0, 0.05) is 19.0 Å². The number of hydrogen-bond donors (Lipinski definition) is 1. The number of nitrogens with one attached hydrogen (secondary N) is 1. The third-order valence-corrected chi connectivity index (χ3v) is 7.72. The van der Waals surface area contributed by atoms with Gasteiger partial charge in [-0.3, -0.25) is 19.3 Å². The van der Waals surface area contributed by atoms with Crippen molar-refractivity contribution in [2.24, 2.45) is 35.5 Å². The number of nitrogens with zero attached hydrogens (tertiary/aromatic N) is 1. The molecule has 1 saturated heterocycles. The lowest BCUT2D eigenvalue weighted by atomic mass is 9.54. The molecule has 1 heterocycles. The highest BCUT2D eigenvalue weighted by molar-refractivity contribution is 6.05. The fraction of sp³-hybridized carbons (Fsp3) is 0.762. The van der Waals surface area contributed by atoms with E-state index in [0.29, 0.717) is 30.7 Å². The average Bonchev–Trinajstić information content (AvgIpc) is 2.87. The van der Waals surface area contributed by atoms with Gasteiger partial charge in [0.2, 0.25) is 17.7 Å². The van der Waals surface area contributed by atoms with Crippen molar-refractivity contribution in [1.82, 2.24) is 10.2 Å². The van der Waals surface area contributed by atoms with E-state index in [4.69, 9.17) is 0 Å². The number of imide groups is 1. The van der Waals surface area contributed by atoms with Crippen molar-refractivity contribution in [3.63, 3.8) is 0 Å². The van der Waals surface area contributed by atoms with Crippen LogP contribution in [0.25, 0.3) is 0 Å². The minimum atomic E-state index is -0.194. The highest BCUT2D eigenvalue weighted by Gasteiger charge is 2.49. The maximum atomic E-state index is 12.5. The number of amides is 3. The van der Waals surface area contributed by atoms with Gasteiger partial charge in [-0.1, -0.05) is 12.2 Å². The van der Waals surface area contributed by atoms with Gasteiger partial charge in [-0.15, -0.1) is 0 Å². The van der Waals surface area contributed by atoms with Crippen molar-refractivity contribution >= 4 is 17.7 Å². The maximum Gasteiger partial charge on any atom is 0.233 e. The van der Waals surface area contributed by atoms with Crippen LogP contribution in [-0.2, 0) is 14.4 Å². The molecule has 0 radical (unpaired) electrons. The molecule has 6 rings (SSSR count). The zero-order valence-electron chi connectivity index (χ0n) is 15.2. The molecule has 1 N–H and O–H groups in total. The molecule has 4 saturated carbocycles. The van der Waals surface area contributed by atoms with Crippen molar-refractivity contribution in [2.75, 3.05) is 6.54 Å². The van der Waals surface area contributed by atoms with Gasteiger partial charge in [0.1, 0.15) is 0 Å². The lowest BCUT2D eigenvalue weighted by Crippen LogP contribution is -2.56. The molecule has 1 aliphatic heterocycles. The van der Waals surface area contributed by atoms with E-state index in [9.17, 15) is 14.4 Å². The molecule has 0 aromatic rings. The Morgan fingerprint density at radius 3 is 2.00 bits per heavy atom. The molecule has 5 heteroatoms. The summed E-state index contributed by atoms with van der Waals surface area (Å²) in [5, 5.41) is 3.28. The average molecular weight is 356 g/mol. The minimum absolute atomic E-state index is 0.0103. The van der Waals surface area contributed by atoms with Crippen molar-refractivity contribution in [1.29, 1.82) is 0 Å². The number of rotatable bonds is 4. The Morgan fingerprint density at radius 1 is 0.923 bits per heavy atom. The quantitative estimate of drug-likeness (QED) is 0.621. The van der Waals surface area contributed by atoms with Crippen molar-refractivity contribution in [2.45, 2.75) is 57.4 Å². The number of likely N-dealkylation sites (tertiary alicyclic amines) is 1. The Balaban J connectivity index is 1.17. The Morgan fingerprint density at radius 2 is 1.46 bits per heavy atom. The van der Waals surface area contributed by atoms with Gasteiger partial charge in [-0.05, 0) is 68.6 Å². The Kier molecular flexibility index (Phi) is 3.94. The predicted octanol–water partition coefficient (Wildman–Crippen LogP) is 2.27. The topological polar surface area (TPSA) is 66.5 Å². The fourth-order valence-electron chi connectivity index (χ4n) is 6.72. The fourth-order valence-corrected chi connectivity index (χ4v) is 6.72. The second kappa shape index (κ2) is 6.21. The van der Waals surface area contributed by atoms with E-state index in [0.717, 1.165) is 11.8 Å². The molecule has 5 nitrogen and oxygen atoms in total. The SMILES string of the molecule is O=C(CCN1C(=O)[C@H]2CC=CC[C@@H]2C1=O)NC1C2CC3CC(C2)CC1C3. The molecular weight excluding hydrogens is 328 g/mol. The standard InChI is InChI=1S/C21H28N2O3/c24-18(22-19-14-8-12-7-13(10-14)11-15(19)9-12)5-6-23-20(25)16-3-1-2-4-17(16)21(23)26/h1-2,12-17,19H,3-11H2,(H,22,24)/t12?,13?,14?,15?,16-,17-,19?/m0/s1. The lowest BCUT2D eigenvalue weighted by Gasteiger charge is -2.54. The van der Waals surface area contributed by atoms with E-state index < -0.39 is 0 Å². The first-order chi connectivity index (χ1) is 12.6. The molecule has 4 bridgehead atoms. The molecule has 6 aliphatic rings. The Labute approximate surface area is 154 Å². The molecule has 140 valence electrons. The number of carbonyl (C=O) groups is 3. The molecule has 0 spiro atoms. The van der Waals surface area contributed by atoms with Gasteiger partial charge >= 0.3 is 0 Å². The van der Waals surface area contributed by atoms with Crippen LogP contribution < -0.4 is 5.32 Å². The number of fused-ring (bicyclic) bond motifs is 1. The summed E-state index contributed by atoms with van der Waals surface area (Å²) in [7, 11) is 0. The van der Waals surface area contributed by atoms with Gasteiger partial charge in [0.15, 0.2) is 0 Å². The van der Waals surface area contributed by atoms with Crippen molar-refractivity contribution in [3.05, 3.63) is 12.2 Å². The number of carbonyl (C=O) groups excluding carboxylic acids is 3. The molecule has 2 atom stereocenters. The predicted molar refractivity (Wildman–Crippen MR) is 95.7 cm³/mol. The van der Waals surface area contributed by atoms with E-state index in [2.05, 4.69) is 5.32 Å². The third-order valence-electron chi connectivity index (χ3n) is 7.72. The van der Waals surface area contributed by atoms with E-state index in [1.165, 1.54) is 37.0 Å². The van der Waals surface area contributed by atoms with Gasteiger partial charge < -0.3 is 5.32 Å². The highest BCUT2D eigenvalue weighted by atomic mass is 16.2. The van der Waals surface area contributed by atoms with Crippen LogP contribution in [0.4, 0.5) is 0 Å². The minimum Gasteiger partial charge on any atom is -0.353 e. The second-order valence-electron chi connectivity index (χ2n) is 9.26. The summed E-state index contributed by atoms with van der Waals surface area (Å²) in [6.07, 6.45) is 12.1. The van der Waals surface area contributed by atoms with Gasteiger partial charge in [-0.25, -0.2) is 0 Å². The van der Waals surface area contributed by atoms with Crippen LogP contribution in [0.3, 0.4) is 0 Å². The van der Waals surface area contributed by atoms with Crippen LogP contribution in [0.5, 0.6) is 0 Å². The van der Waals surface area contributed by atoms with Gasteiger partial charge in [-0.2, -0.15) is 0 Å². The van der Waals surface area contributed by atoms with Crippen molar-refractivity contribution in [3.8, 4) is 0 Å². The largest absolute Gasteiger partial charge is 0.353 e. The first-order valence-corrected chi connectivity index (χ1v) is 10.4.